The number of benzene rings is 1. The second kappa shape index (κ2) is 8.00. The fourth-order valence-corrected chi connectivity index (χ4v) is 2.58. The fraction of sp³-hybridized carbons (Fsp3) is 0.562. The molecule has 1 aliphatic rings. The molecule has 2 rings (SSSR count). The minimum Gasteiger partial charge on any atom is -0.467 e. The van der Waals surface area contributed by atoms with Crippen molar-refractivity contribution in [2.45, 2.75) is 31.6 Å². The summed E-state index contributed by atoms with van der Waals surface area (Å²) < 4.78 is 20.9. The first kappa shape index (κ1) is 15.8. The standard InChI is InChI=1S/C16H22O5/c1-18-10-20-12-7-8-14(16(9-12)21-11-19-2)13-5-3-4-6-15(13)17/h7-9,13H,3-6,10-11H2,1-2H3. The summed E-state index contributed by atoms with van der Waals surface area (Å²) >= 11 is 0. The van der Waals surface area contributed by atoms with Crippen LogP contribution >= 0.6 is 0 Å². The predicted octanol–water partition coefficient (Wildman–Crippen LogP) is 2.88. The summed E-state index contributed by atoms with van der Waals surface area (Å²) in [6.07, 6.45) is 3.58. The number of ether oxygens (including phenoxy) is 4. The van der Waals surface area contributed by atoms with Crippen LogP contribution in [-0.2, 0) is 14.3 Å². The van der Waals surface area contributed by atoms with Crippen molar-refractivity contribution in [2.75, 3.05) is 27.8 Å². The van der Waals surface area contributed by atoms with E-state index in [9.17, 15) is 4.79 Å². The van der Waals surface area contributed by atoms with Gasteiger partial charge in [0.1, 0.15) is 17.3 Å². The maximum atomic E-state index is 12.1. The smallest absolute Gasteiger partial charge is 0.188 e. The van der Waals surface area contributed by atoms with E-state index in [1.165, 1.54) is 0 Å². The van der Waals surface area contributed by atoms with Crippen LogP contribution in [-0.4, -0.2) is 33.6 Å². The number of carbonyl (C=O) groups is 1. The Morgan fingerprint density at radius 2 is 1.86 bits per heavy atom. The van der Waals surface area contributed by atoms with E-state index in [1.807, 2.05) is 12.1 Å². The molecular formula is C16H22O5. The van der Waals surface area contributed by atoms with Crippen LogP contribution in [0.5, 0.6) is 11.5 Å². The van der Waals surface area contributed by atoms with Gasteiger partial charge in [-0.3, -0.25) is 4.79 Å². The van der Waals surface area contributed by atoms with E-state index in [0.29, 0.717) is 17.9 Å². The molecule has 1 aromatic carbocycles. The summed E-state index contributed by atoms with van der Waals surface area (Å²) in [6, 6.07) is 5.54. The minimum atomic E-state index is -0.0814. The maximum absolute atomic E-state index is 12.1. The molecule has 0 aliphatic heterocycles. The molecule has 116 valence electrons. The van der Waals surface area contributed by atoms with Gasteiger partial charge in [0.05, 0.1) is 0 Å². The van der Waals surface area contributed by atoms with Gasteiger partial charge in [0, 0.05) is 38.2 Å². The molecule has 1 atom stereocenters. The minimum absolute atomic E-state index is 0.0814. The van der Waals surface area contributed by atoms with Gasteiger partial charge in [0.25, 0.3) is 0 Å². The molecule has 0 spiro atoms. The van der Waals surface area contributed by atoms with Crippen molar-refractivity contribution in [3.8, 4) is 11.5 Å². The average Bonchev–Trinajstić information content (AvgIpc) is 2.51. The van der Waals surface area contributed by atoms with E-state index < -0.39 is 0 Å². The third-order valence-electron chi connectivity index (χ3n) is 3.59. The van der Waals surface area contributed by atoms with Gasteiger partial charge in [0.2, 0.25) is 0 Å². The van der Waals surface area contributed by atoms with Crippen molar-refractivity contribution in [3.05, 3.63) is 23.8 Å². The highest BCUT2D eigenvalue weighted by Gasteiger charge is 2.26. The van der Waals surface area contributed by atoms with Crippen molar-refractivity contribution in [3.63, 3.8) is 0 Å². The van der Waals surface area contributed by atoms with E-state index in [-0.39, 0.29) is 25.3 Å². The monoisotopic (exact) mass is 294 g/mol. The van der Waals surface area contributed by atoms with E-state index in [0.717, 1.165) is 24.8 Å². The van der Waals surface area contributed by atoms with Gasteiger partial charge in [-0.15, -0.1) is 0 Å². The zero-order chi connectivity index (χ0) is 15.1. The van der Waals surface area contributed by atoms with Crippen LogP contribution in [0.1, 0.15) is 37.2 Å². The first-order valence-corrected chi connectivity index (χ1v) is 7.16. The number of rotatable bonds is 7. The third kappa shape index (κ3) is 4.19. The van der Waals surface area contributed by atoms with E-state index in [2.05, 4.69) is 0 Å². The number of Topliss-reactive ketones (excluding diaryl/α,β-unsaturated/α-hetero) is 1. The Morgan fingerprint density at radius 3 is 2.57 bits per heavy atom. The molecule has 1 aliphatic carbocycles. The molecule has 0 N–H and O–H groups in total. The van der Waals surface area contributed by atoms with Crippen LogP contribution in [0.25, 0.3) is 0 Å². The molecular weight excluding hydrogens is 272 g/mol. The topological polar surface area (TPSA) is 54.0 Å². The van der Waals surface area contributed by atoms with Crippen molar-refractivity contribution in [2.24, 2.45) is 0 Å². The Hall–Kier alpha value is -1.59. The highest BCUT2D eigenvalue weighted by molar-refractivity contribution is 5.87. The van der Waals surface area contributed by atoms with Crippen LogP contribution in [0.2, 0.25) is 0 Å². The Balaban J connectivity index is 2.23. The summed E-state index contributed by atoms with van der Waals surface area (Å²) in [6.45, 7) is 0.313. The summed E-state index contributed by atoms with van der Waals surface area (Å²) in [4.78, 5) is 12.1. The van der Waals surface area contributed by atoms with Gasteiger partial charge >= 0.3 is 0 Å². The quantitative estimate of drug-likeness (QED) is 0.724. The fourth-order valence-electron chi connectivity index (χ4n) is 2.58. The van der Waals surface area contributed by atoms with Crippen LogP contribution in [0.15, 0.2) is 18.2 Å². The predicted molar refractivity (Wildman–Crippen MR) is 77.7 cm³/mol. The molecule has 0 radical (unpaired) electrons. The lowest BCUT2D eigenvalue weighted by atomic mass is 9.82. The lowest BCUT2D eigenvalue weighted by Crippen LogP contribution is -2.18. The van der Waals surface area contributed by atoms with Crippen molar-refractivity contribution < 1.29 is 23.7 Å². The Labute approximate surface area is 125 Å². The molecule has 1 aromatic rings. The number of hydrogen-bond acceptors (Lipinski definition) is 5. The van der Waals surface area contributed by atoms with Crippen molar-refractivity contribution in [1.29, 1.82) is 0 Å². The third-order valence-corrected chi connectivity index (χ3v) is 3.59. The van der Waals surface area contributed by atoms with Crippen LogP contribution in [0.4, 0.5) is 0 Å². The van der Waals surface area contributed by atoms with Gasteiger partial charge in [-0.1, -0.05) is 12.5 Å². The summed E-state index contributed by atoms with van der Waals surface area (Å²) in [5.74, 6) is 1.50. The van der Waals surface area contributed by atoms with Gasteiger partial charge in [0.15, 0.2) is 13.6 Å². The molecule has 0 amide bonds. The first-order valence-electron chi connectivity index (χ1n) is 7.16. The average molecular weight is 294 g/mol. The second-order valence-electron chi connectivity index (χ2n) is 5.07. The zero-order valence-corrected chi connectivity index (χ0v) is 12.6. The molecule has 0 bridgehead atoms. The number of carbonyl (C=O) groups excluding carboxylic acids is 1. The molecule has 21 heavy (non-hydrogen) atoms. The van der Waals surface area contributed by atoms with E-state index in [1.54, 1.807) is 20.3 Å². The Morgan fingerprint density at radius 1 is 1.10 bits per heavy atom. The first-order chi connectivity index (χ1) is 10.3. The molecule has 0 heterocycles. The molecule has 1 saturated carbocycles. The molecule has 1 fully saturated rings. The summed E-state index contributed by atoms with van der Waals surface area (Å²) in [7, 11) is 3.13. The van der Waals surface area contributed by atoms with Gasteiger partial charge < -0.3 is 18.9 Å². The SMILES string of the molecule is COCOc1ccc(C2CCCCC2=O)c(OCOC)c1. The van der Waals surface area contributed by atoms with Gasteiger partial charge in [-0.2, -0.15) is 0 Å². The van der Waals surface area contributed by atoms with Crippen LogP contribution < -0.4 is 9.47 Å². The van der Waals surface area contributed by atoms with Crippen molar-refractivity contribution >= 4 is 5.78 Å². The number of hydrogen-bond donors (Lipinski definition) is 0. The van der Waals surface area contributed by atoms with Gasteiger partial charge in [-0.25, -0.2) is 0 Å². The molecule has 0 saturated heterocycles. The van der Waals surface area contributed by atoms with E-state index in [4.69, 9.17) is 18.9 Å². The lowest BCUT2D eigenvalue weighted by Gasteiger charge is -2.23. The Bertz CT molecular complexity index is 472. The molecule has 0 aromatic heterocycles. The van der Waals surface area contributed by atoms with Crippen LogP contribution in [0, 0.1) is 0 Å². The second-order valence-corrected chi connectivity index (χ2v) is 5.07. The summed E-state index contributed by atoms with van der Waals surface area (Å²) in [5.41, 5.74) is 0.918. The number of methoxy groups -OCH3 is 2. The normalized spacial score (nSPS) is 18.6. The van der Waals surface area contributed by atoms with E-state index >= 15 is 0 Å². The highest BCUT2D eigenvalue weighted by Crippen LogP contribution is 2.37. The zero-order valence-electron chi connectivity index (χ0n) is 12.6. The maximum Gasteiger partial charge on any atom is 0.188 e. The van der Waals surface area contributed by atoms with Crippen LogP contribution in [0.3, 0.4) is 0 Å². The summed E-state index contributed by atoms with van der Waals surface area (Å²) in [5, 5.41) is 0. The van der Waals surface area contributed by atoms with Crippen molar-refractivity contribution in [1.82, 2.24) is 0 Å². The molecule has 5 heteroatoms. The van der Waals surface area contributed by atoms with Gasteiger partial charge in [-0.05, 0) is 18.9 Å². The molecule has 1 unspecified atom stereocenters. The number of ketones is 1. The Kier molecular flexibility index (Phi) is 6.02. The molecule has 5 nitrogen and oxygen atoms in total. The highest BCUT2D eigenvalue weighted by atomic mass is 16.7. The largest absolute Gasteiger partial charge is 0.467 e. The lowest BCUT2D eigenvalue weighted by molar-refractivity contribution is -0.121.